The Hall–Kier alpha value is -1.55. The number of hydrogen-bond donors (Lipinski definition) is 0. The minimum absolute atomic E-state index is 0.942. The fraction of sp³-hybridized carbons (Fsp3) is 0.500. The van der Waals surface area contributed by atoms with Gasteiger partial charge in [-0.3, -0.25) is 0 Å². The number of hydrogen-bond acceptors (Lipinski definition) is 4. The molecule has 1 aliphatic rings. The van der Waals surface area contributed by atoms with E-state index in [4.69, 9.17) is 9.40 Å². The smallest absolute Gasteiger partial charge is 0.140 e. The lowest BCUT2D eigenvalue weighted by Gasteiger charge is -2.33. The van der Waals surface area contributed by atoms with Gasteiger partial charge in [0.2, 0.25) is 0 Å². The normalized spacial score (nSPS) is 17.6. The van der Waals surface area contributed by atoms with Gasteiger partial charge in [0.1, 0.15) is 11.4 Å². The fourth-order valence-electron chi connectivity index (χ4n) is 2.44. The molecule has 1 saturated heterocycles. The van der Waals surface area contributed by atoms with Crippen LogP contribution < -0.4 is 4.90 Å². The predicted molar refractivity (Wildman–Crippen MR) is 73.1 cm³/mol. The molecule has 0 unspecified atom stereocenters. The van der Waals surface area contributed by atoms with E-state index >= 15 is 0 Å². The van der Waals surface area contributed by atoms with E-state index in [-0.39, 0.29) is 0 Å². The summed E-state index contributed by atoms with van der Waals surface area (Å²) in [6.07, 6.45) is 2.70. The maximum absolute atomic E-state index is 5.54. The number of piperazine rings is 1. The van der Waals surface area contributed by atoms with Crippen molar-refractivity contribution in [2.45, 2.75) is 13.3 Å². The van der Waals surface area contributed by atoms with Crippen LogP contribution in [-0.4, -0.2) is 43.1 Å². The van der Waals surface area contributed by atoms with Gasteiger partial charge in [0.25, 0.3) is 0 Å². The zero-order chi connectivity index (χ0) is 12.5. The number of rotatable bonds is 2. The number of pyridine rings is 1. The van der Waals surface area contributed by atoms with Gasteiger partial charge in [-0.1, -0.05) is 6.92 Å². The van der Waals surface area contributed by atoms with Crippen molar-refractivity contribution in [2.24, 2.45) is 0 Å². The van der Waals surface area contributed by atoms with Gasteiger partial charge in [0.05, 0.1) is 11.6 Å². The molecule has 96 valence electrons. The second kappa shape index (κ2) is 4.61. The van der Waals surface area contributed by atoms with Crippen molar-refractivity contribution in [3.8, 4) is 0 Å². The van der Waals surface area contributed by atoms with E-state index in [1.807, 2.05) is 6.07 Å². The molecule has 0 atom stereocenters. The monoisotopic (exact) mass is 245 g/mol. The molecule has 0 aliphatic carbocycles. The van der Waals surface area contributed by atoms with Crippen LogP contribution >= 0.6 is 0 Å². The number of fused-ring (bicyclic) bond motifs is 1. The van der Waals surface area contributed by atoms with Crippen molar-refractivity contribution in [3.05, 3.63) is 24.1 Å². The Morgan fingerprint density at radius 1 is 1.28 bits per heavy atom. The van der Waals surface area contributed by atoms with Crippen molar-refractivity contribution in [2.75, 3.05) is 38.1 Å². The summed E-state index contributed by atoms with van der Waals surface area (Å²) >= 11 is 0. The lowest BCUT2D eigenvalue weighted by Crippen LogP contribution is -2.44. The third kappa shape index (κ3) is 1.97. The second-order valence-corrected chi connectivity index (χ2v) is 4.91. The van der Waals surface area contributed by atoms with E-state index in [0.29, 0.717) is 0 Å². The average molecular weight is 245 g/mol. The standard InChI is InChI=1S/C14H19N3O/c1-3-11-10-13-12(4-9-18-13)14(15-11)17-7-5-16(2)6-8-17/h4,9-10H,3,5-8H2,1-2H3. The molecule has 2 aromatic rings. The molecule has 1 aliphatic heterocycles. The van der Waals surface area contributed by atoms with Crippen molar-refractivity contribution in [1.82, 2.24) is 9.88 Å². The van der Waals surface area contributed by atoms with E-state index in [2.05, 4.69) is 29.8 Å². The van der Waals surface area contributed by atoms with Crippen molar-refractivity contribution >= 4 is 16.8 Å². The van der Waals surface area contributed by atoms with Crippen LogP contribution in [0.15, 0.2) is 22.8 Å². The first-order valence-electron chi connectivity index (χ1n) is 6.58. The van der Waals surface area contributed by atoms with Crippen LogP contribution in [0.4, 0.5) is 5.82 Å². The second-order valence-electron chi connectivity index (χ2n) is 4.91. The summed E-state index contributed by atoms with van der Waals surface area (Å²) in [7, 11) is 2.17. The van der Waals surface area contributed by atoms with E-state index < -0.39 is 0 Å². The molecule has 3 rings (SSSR count). The molecule has 18 heavy (non-hydrogen) atoms. The highest BCUT2D eigenvalue weighted by Gasteiger charge is 2.19. The maximum atomic E-state index is 5.54. The van der Waals surface area contributed by atoms with E-state index in [9.17, 15) is 0 Å². The summed E-state index contributed by atoms with van der Waals surface area (Å²) in [5.74, 6) is 1.09. The molecule has 2 aromatic heterocycles. The first-order valence-corrected chi connectivity index (χ1v) is 6.58. The summed E-state index contributed by atoms with van der Waals surface area (Å²) in [5, 5.41) is 1.14. The maximum Gasteiger partial charge on any atom is 0.140 e. The molecule has 1 fully saturated rings. The molecule has 0 aromatic carbocycles. The highest BCUT2D eigenvalue weighted by molar-refractivity contribution is 5.89. The van der Waals surface area contributed by atoms with Crippen molar-refractivity contribution < 1.29 is 4.42 Å². The molecule has 0 N–H and O–H groups in total. The number of nitrogens with zero attached hydrogens (tertiary/aromatic N) is 3. The van der Waals surface area contributed by atoms with Gasteiger partial charge < -0.3 is 14.2 Å². The highest BCUT2D eigenvalue weighted by Crippen LogP contribution is 2.27. The topological polar surface area (TPSA) is 32.5 Å². The number of anilines is 1. The van der Waals surface area contributed by atoms with Crippen LogP contribution in [0.25, 0.3) is 11.0 Å². The fourth-order valence-corrected chi connectivity index (χ4v) is 2.44. The largest absolute Gasteiger partial charge is 0.464 e. The minimum atomic E-state index is 0.942. The van der Waals surface area contributed by atoms with Gasteiger partial charge in [-0.25, -0.2) is 4.98 Å². The summed E-state index contributed by atoms with van der Waals surface area (Å²) in [5.41, 5.74) is 2.06. The zero-order valence-electron chi connectivity index (χ0n) is 11.0. The van der Waals surface area contributed by atoms with Gasteiger partial charge in [-0.05, 0) is 19.5 Å². The Kier molecular flexibility index (Phi) is 2.96. The summed E-state index contributed by atoms with van der Waals surface area (Å²) in [6.45, 7) is 6.40. The third-order valence-corrected chi connectivity index (χ3v) is 3.65. The van der Waals surface area contributed by atoms with Crippen LogP contribution in [-0.2, 0) is 6.42 Å². The summed E-state index contributed by atoms with van der Waals surface area (Å²) < 4.78 is 5.54. The van der Waals surface area contributed by atoms with Crippen LogP contribution in [0, 0.1) is 0 Å². The van der Waals surface area contributed by atoms with Crippen LogP contribution in [0.2, 0.25) is 0 Å². The van der Waals surface area contributed by atoms with Gasteiger partial charge in [-0.15, -0.1) is 0 Å². The van der Waals surface area contributed by atoms with Gasteiger partial charge in [-0.2, -0.15) is 0 Å². The quantitative estimate of drug-likeness (QED) is 0.811. The Morgan fingerprint density at radius 2 is 2.06 bits per heavy atom. The summed E-state index contributed by atoms with van der Waals surface area (Å²) in [4.78, 5) is 9.51. The molecular formula is C14H19N3O. The zero-order valence-corrected chi connectivity index (χ0v) is 11.0. The van der Waals surface area contributed by atoms with Crippen LogP contribution in [0.5, 0.6) is 0 Å². The van der Waals surface area contributed by atoms with Gasteiger partial charge >= 0.3 is 0 Å². The summed E-state index contributed by atoms with van der Waals surface area (Å²) in [6, 6.07) is 4.07. The molecule has 0 spiro atoms. The number of furan rings is 1. The SMILES string of the molecule is CCc1cc2occc2c(N2CCN(C)CC2)n1. The third-order valence-electron chi connectivity index (χ3n) is 3.65. The number of aromatic nitrogens is 1. The highest BCUT2D eigenvalue weighted by atomic mass is 16.3. The average Bonchev–Trinajstić information content (AvgIpc) is 2.86. The van der Waals surface area contributed by atoms with Crippen molar-refractivity contribution in [1.29, 1.82) is 0 Å². The number of likely N-dealkylation sites (N-methyl/N-ethyl adjacent to an activating group) is 1. The molecule has 0 bridgehead atoms. The molecule has 0 saturated carbocycles. The first kappa shape index (κ1) is 11.5. The Balaban J connectivity index is 2.01. The van der Waals surface area contributed by atoms with Gasteiger partial charge in [0.15, 0.2) is 0 Å². The minimum Gasteiger partial charge on any atom is -0.464 e. The number of aryl methyl sites for hydroxylation is 1. The lowest BCUT2D eigenvalue weighted by molar-refractivity contribution is 0.312. The Labute approximate surface area is 107 Å². The van der Waals surface area contributed by atoms with E-state index in [0.717, 1.165) is 55.1 Å². The predicted octanol–water partition coefficient (Wildman–Crippen LogP) is 2.14. The lowest BCUT2D eigenvalue weighted by atomic mass is 10.2. The van der Waals surface area contributed by atoms with E-state index in [1.54, 1.807) is 6.26 Å². The molecular weight excluding hydrogens is 226 g/mol. The van der Waals surface area contributed by atoms with Crippen LogP contribution in [0.3, 0.4) is 0 Å². The van der Waals surface area contributed by atoms with Crippen molar-refractivity contribution in [3.63, 3.8) is 0 Å². The molecule has 0 radical (unpaired) electrons. The Bertz CT molecular complexity index is 541. The molecule has 4 heteroatoms. The molecule has 4 nitrogen and oxygen atoms in total. The first-order chi connectivity index (χ1) is 8.78. The Morgan fingerprint density at radius 3 is 2.78 bits per heavy atom. The van der Waals surface area contributed by atoms with Gasteiger partial charge in [0, 0.05) is 37.9 Å². The van der Waals surface area contributed by atoms with E-state index in [1.165, 1.54) is 0 Å². The molecule has 0 amide bonds. The van der Waals surface area contributed by atoms with Crippen LogP contribution in [0.1, 0.15) is 12.6 Å². The molecule has 3 heterocycles.